The molecule has 2 aromatic rings. The molecule has 2 heterocycles. The van der Waals surface area contributed by atoms with Crippen LogP contribution in [0.25, 0.3) is 0 Å². The Bertz CT molecular complexity index is 1180. The lowest BCUT2D eigenvalue weighted by molar-refractivity contribution is -0.133. The summed E-state index contributed by atoms with van der Waals surface area (Å²) in [5.74, 6) is 0.396. The number of hydrogen-bond acceptors (Lipinski definition) is 6. The molecule has 2 aliphatic heterocycles. The van der Waals surface area contributed by atoms with E-state index in [0.29, 0.717) is 37.3 Å². The summed E-state index contributed by atoms with van der Waals surface area (Å²) in [5.41, 5.74) is 3.61. The fraction of sp³-hybridized carbons (Fsp3) is 0.429. The molecule has 36 heavy (non-hydrogen) atoms. The van der Waals surface area contributed by atoms with Crippen molar-refractivity contribution in [2.75, 3.05) is 26.2 Å². The minimum atomic E-state index is -0.534. The zero-order chi connectivity index (χ0) is 25.2. The van der Waals surface area contributed by atoms with Gasteiger partial charge >= 0.3 is 0 Å². The summed E-state index contributed by atoms with van der Waals surface area (Å²) in [6.45, 7) is 6.47. The van der Waals surface area contributed by atoms with E-state index in [-0.39, 0.29) is 29.8 Å². The number of amides is 2. The first-order valence-corrected chi connectivity index (χ1v) is 12.5. The molecule has 8 heteroatoms. The Morgan fingerprint density at radius 1 is 0.972 bits per heavy atom. The van der Waals surface area contributed by atoms with E-state index >= 15 is 0 Å². The van der Waals surface area contributed by atoms with Gasteiger partial charge in [0, 0.05) is 57.2 Å². The Morgan fingerprint density at radius 2 is 1.69 bits per heavy atom. The van der Waals surface area contributed by atoms with Gasteiger partial charge in [0.2, 0.25) is 5.91 Å². The highest BCUT2D eigenvalue weighted by molar-refractivity contribution is 6.07. The standard InChI is InChI=1S/C28H31N3O5/c1-19(32)30-13-11-29(12-14-30)16-20-5-7-21(8-6-20)18-36-27-4-2-3-23-24(27)17-31(28(23)35)25-10-9-22(33)15-26(25)34/h2-8,25H,9-18H2,1H3. The molecule has 1 aliphatic carbocycles. The van der Waals surface area contributed by atoms with Crippen LogP contribution in [0.1, 0.15) is 53.2 Å². The SMILES string of the molecule is CC(=O)N1CCN(Cc2ccc(COc3cccc4c3CN(C3CCC(=O)CC3=O)C4=O)cc2)CC1. The van der Waals surface area contributed by atoms with Crippen LogP contribution < -0.4 is 4.74 Å². The van der Waals surface area contributed by atoms with E-state index in [2.05, 4.69) is 29.2 Å². The van der Waals surface area contributed by atoms with Gasteiger partial charge < -0.3 is 14.5 Å². The highest BCUT2D eigenvalue weighted by Crippen LogP contribution is 2.34. The number of carbonyl (C=O) groups excluding carboxylic acids is 4. The van der Waals surface area contributed by atoms with Crippen molar-refractivity contribution >= 4 is 23.4 Å². The fourth-order valence-corrected chi connectivity index (χ4v) is 5.28. The Morgan fingerprint density at radius 3 is 2.39 bits per heavy atom. The minimum absolute atomic E-state index is 0.0500. The van der Waals surface area contributed by atoms with E-state index in [9.17, 15) is 19.2 Å². The van der Waals surface area contributed by atoms with E-state index in [1.165, 1.54) is 5.56 Å². The van der Waals surface area contributed by atoms with Crippen molar-refractivity contribution in [3.63, 3.8) is 0 Å². The van der Waals surface area contributed by atoms with E-state index < -0.39 is 6.04 Å². The Balaban J connectivity index is 1.18. The monoisotopic (exact) mass is 489 g/mol. The Labute approximate surface area is 210 Å². The van der Waals surface area contributed by atoms with Crippen molar-refractivity contribution in [1.82, 2.24) is 14.7 Å². The maximum atomic E-state index is 13.0. The molecule has 0 spiro atoms. The first kappa shape index (κ1) is 24.2. The Hall–Kier alpha value is -3.52. The van der Waals surface area contributed by atoms with Gasteiger partial charge in [-0.25, -0.2) is 0 Å². The van der Waals surface area contributed by atoms with Crippen molar-refractivity contribution in [2.45, 2.75) is 51.9 Å². The number of fused-ring (bicyclic) bond motifs is 1. The van der Waals surface area contributed by atoms with E-state index in [1.54, 1.807) is 24.0 Å². The summed E-state index contributed by atoms with van der Waals surface area (Å²) >= 11 is 0. The van der Waals surface area contributed by atoms with Crippen LogP contribution in [0.3, 0.4) is 0 Å². The topological polar surface area (TPSA) is 87.2 Å². The summed E-state index contributed by atoms with van der Waals surface area (Å²) in [5, 5.41) is 0. The maximum Gasteiger partial charge on any atom is 0.255 e. The van der Waals surface area contributed by atoms with E-state index in [1.807, 2.05) is 11.0 Å². The molecule has 1 unspecified atom stereocenters. The highest BCUT2D eigenvalue weighted by Gasteiger charge is 2.40. The van der Waals surface area contributed by atoms with Crippen LogP contribution >= 0.6 is 0 Å². The smallest absolute Gasteiger partial charge is 0.255 e. The van der Waals surface area contributed by atoms with Crippen molar-refractivity contribution < 1.29 is 23.9 Å². The predicted molar refractivity (Wildman–Crippen MR) is 132 cm³/mol. The second kappa shape index (κ2) is 10.2. The third-order valence-corrected chi connectivity index (χ3v) is 7.41. The molecule has 2 aromatic carbocycles. The normalized spacial score (nSPS) is 20.6. The first-order chi connectivity index (χ1) is 17.4. The molecule has 1 saturated heterocycles. The van der Waals surface area contributed by atoms with Gasteiger partial charge in [0.1, 0.15) is 18.1 Å². The molecule has 1 atom stereocenters. The molecule has 0 radical (unpaired) electrons. The number of nitrogens with zero attached hydrogens (tertiary/aromatic N) is 3. The zero-order valence-corrected chi connectivity index (χ0v) is 20.6. The van der Waals surface area contributed by atoms with Gasteiger partial charge in [-0.3, -0.25) is 24.1 Å². The second-order valence-electron chi connectivity index (χ2n) is 9.84. The lowest BCUT2D eigenvalue weighted by Gasteiger charge is -2.34. The molecule has 0 aromatic heterocycles. The quantitative estimate of drug-likeness (QED) is 0.580. The van der Waals surface area contributed by atoms with Crippen molar-refractivity contribution in [2.24, 2.45) is 0 Å². The van der Waals surface area contributed by atoms with Crippen LogP contribution in [0.15, 0.2) is 42.5 Å². The van der Waals surface area contributed by atoms with Crippen LogP contribution in [0.2, 0.25) is 0 Å². The molecule has 0 bridgehead atoms. The lowest BCUT2D eigenvalue weighted by atomic mass is 9.92. The third-order valence-electron chi connectivity index (χ3n) is 7.41. The van der Waals surface area contributed by atoms with Crippen molar-refractivity contribution in [3.8, 4) is 5.75 Å². The van der Waals surface area contributed by atoms with Crippen LogP contribution in [0, 0.1) is 0 Å². The first-order valence-electron chi connectivity index (χ1n) is 12.5. The fourth-order valence-electron chi connectivity index (χ4n) is 5.28. The predicted octanol–water partition coefficient (Wildman–Crippen LogP) is 2.58. The summed E-state index contributed by atoms with van der Waals surface area (Å²) in [7, 11) is 0. The van der Waals surface area contributed by atoms with Crippen LogP contribution in [-0.4, -0.2) is 70.3 Å². The summed E-state index contributed by atoms with van der Waals surface area (Å²) in [6.07, 6.45) is 0.648. The lowest BCUT2D eigenvalue weighted by Crippen LogP contribution is -2.47. The van der Waals surface area contributed by atoms with Crippen molar-refractivity contribution in [1.29, 1.82) is 0 Å². The number of carbonyl (C=O) groups is 4. The minimum Gasteiger partial charge on any atom is -0.489 e. The van der Waals surface area contributed by atoms with E-state index in [4.69, 9.17) is 4.74 Å². The third kappa shape index (κ3) is 5.04. The average molecular weight is 490 g/mol. The molecule has 0 N–H and O–H groups in total. The number of rotatable bonds is 6. The number of piperazine rings is 1. The highest BCUT2D eigenvalue weighted by atomic mass is 16.5. The number of benzene rings is 2. The summed E-state index contributed by atoms with van der Waals surface area (Å²) in [6, 6.07) is 13.2. The molecular formula is C28H31N3O5. The number of hydrogen-bond donors (Lipinski definition) is 0. The molecule has 5 rings (SSSR count). The van der Waals surface area contributed by atoms with Gasteiger partial charge in [0.05, 0.1) is 19.0 Å². The van der Waals surface area contributed by atoms with Crippen molar-refractivity contribution in [3.05, 3.63) is 64.7 Å². The molecular weight excluding hydrogens is 458 g/mol. The summed E-state index contributed by atoms with van der Waals surface area (Å²) < 4.78 is 6.12. The average Bonchev–Trinajstić information content (AvgIpc) is 3.21. The molecule has 2 amide bonds. The van der Waals surface area contributed by atoms with Gasteiger partial charge in [-0.15, -0.1) is 0 Å². The van der Waals surface area contributed by atoms with Gasteiger partial charge in [0.15, 0.2) is 5.78 Å². The molecule has 188 valence electrons. The van der Waals surface area contributed by atoms with Crippen LogP contribution in [0.4, 0.5) is 0 Å². The number of ether oxygens (including phenoxy) is 1. The molecule has 3 aliphatic rings. The number of Topliss-reactive ketones (excluding diaryl/α,β-unsaturated/α-hetero) is 2. The van der Waals surface area contributed by atoms with Gasteiger partial charge in [-0.1, -0.05) is 30.3 Å². The van der Waals surface area contributed by atoms with Gasteiger partial charge in [-0.2, -0.15) is 0 Å². The molecule has 1 saturated carbocycles. The van der Waals surface area contributed by atoms with Crippen LogP contribution in [-0.2, 0) is 34.1 Å². The van der Waals surface area contributed by atoms with Crippen LogP contribution in [0.5, 0.6) is 5.75 Å². The van der Waals surface area contributed by atoms with E-state index in [0.717, 1.165) is 43.9 Å². The Kier molecular flexibility index (Phi) is 6.87. The zero-order valence-electron chi connectivity index (χ0n) is 20.6. The van der Waals surface area contributed by atoms with Gasteiger partial charge in [0.25, 0.3) is 5.91 Å². The number of ketones is 2. The van der Waals surface area contributed by atoms with Gasteiger partial charge in [-0.05, 0) is 29.7 Å². The maximum absolute atomic E-state index is 13.0. The second-order valence-corrected chi connectivity index (χ2v) is 9.84. The molecule has 8 nitrogen and oxygen atoms in total. The summed E-state index contributed by atoms with van der Waals surface area (Å²) in [4.78, 5) is 54.4. The largest absolute Gasteiger partial charge is 0.489 e. The molecule has 2 fully saturated rings.